The maximum Gasteiger partial charge on any atom is 0.374 e. The third-order valence-corrected chi connectivity index (χ3v) is 3.43. The number of ketones is 1. The van der Waals surface area contributed by atoms with Crippen LogP contribution in [0.3, 0.4) is 0 Å². The summed E-state index contributed by atoms with van der Waals surface area (Å²) in [6.45, 7) is 1.28. The number of nitriles is 1. The van der Waals surface area contributed by atoms with Gasteiger partial charge in [0.05, 0.1) is 12.3 Å². The molecule has 20 heavy (non-hydrogen) atoms. The predicted octanol–water partition coefficient (Wildman–Crippen LogP) is 2.08. The third-order valence-electron chi connectivity index (χ3n) is 2.40. The maximum atomic E-state index is 11.9. The number of Topliss-reactive ketones (excluding diaryl/α,β-unsaturated/α-hetero) is 1. The van der Waals surface area contributed by atoms with Crippen LogP contribution in [0.25, 0.3) is 0 Å². The summed E-state index contributed by atoms with van der Waals surface area (Å²) in [4.78, 5) is 27.5. The maximum absolute atomic E-state index is 11.9. The van der Waals surface area contributed by atoms with Gasteiger partial charge in [0, 0.05) is 11.1 Å². The Kier molecular flexibility index (Phi) is 4.27. The van der Waals surface area contributed by atoms with Gasteiger partial charge in [-0.25, -0.2) is 9.78 Å². The van der Waals surface area contributed by atoms with Crippen LogP contribution in [0, 0.1) is 18.3 Å². The highest BCUT2D eigenvalue weighted by molar-refractivity contribution is 7.09. The Bertz CT molecular complexity index is 654. The minimum Gasteiger partial charge on any atom is -0.457 e. The summed E-state index contributed by atoms with van der Waals surface area (Å²) < 4.78 is 9.64. The fraction of sp³-hybridized carbons (Fsp3) is 0.231. The Morgan fingerprint density at radius 2 is 2.40 bits per heavy atom. The van der Waals surface area contributed by atoms with E-state index >= 15 is 0 Å². The van der Waals surface area contributed by atoms with Gasteiger partial charge in [-0.2, -0.15) is 5.26 Å². The SMILES string of the molecule is Cc1csc([C@H](C#N)C(=O)COC(=O)c2ccco2)n1. The number of aromatic nitrogens is 1. The van der Waals surface area contributed by atoms with E-state index in [4.69, 9.17) is 14.4 Å². The quantitative estimate of drug-likeness (QED) is 0.782. The lowest BCUT2D eigenvalue weighted by Crippen LogP contribution is -2.19. The molecule has 0 aliphatic carbocycles. The Balaban J connectivity index is 1.97. The first-order valence-corrected chi connectivity index (χ1v) is 6.54. The largest absolute Gasteiger partial charge is 0.457 e. The zero-order valence-corrected chi connectivity index (χ0v) is 11.3. The van der Waals surface area contributed by atoms with Crippen molar-refractivity contribution in [2.75, 3.05) is 6.61 Å². The van der Waals surface area contributed by atoms with Crippen LogP contribution in [-0.4, -0.2) is 23.3 Å². The predicted molar refractivity (Wildman–Crippen MR) is 69.2 cm³/mol. The van der Waals surface area contributed by atoms with Crippen molar-refractivity contribution in [2.24, 2.45) is 0 Å². The number of carbonyl (C=O) groups excluding carboxylic acids is 2. The molecule has 0 N–H and O–H groups in total. The van der Waals surface area contributed by atoms with Crippen molar-refractivity contribution >= 4 is 23.1 Å². The van der Waals surface area contributed by atoms with Gasteiger partial charge in [-0.1, -0.05) is 0 Å². The van der Waals surface area contributed by atoms with Crippen LogP contribution < -0.4 is 0 Å². The van der Waals surface area contributed by atoms with Gasteiger partial charge in [0.25, 0.3) is 0 Å². The molecule has 0 bridgehead atoms. The van der Waals surface area contributed by atoms with E-state index in [9.17, 15) is 9.59 Å². The molecule has 0 aromatic carbocycles. The summed E-state index contributed by atoms with van der Waals surface area (Å²) in [5, 5.41) is 11.2. The van der Waals surface area contributed by atoms with Crippen LogP contribution in [-0.2, 0) is 9.53 Å². The Labute approximate surface area is 118 Å². The van der Waals surface area contributed by atoms with Crippen LogP contribution in [0.2, 0.25) is 0 Å². The molecular weight excluding hydrogens is 280 g/mol. The van der Waals surface area contributed by atoms with E-state index in [1.807, 2.05) is 6.07 Å². The van der Waals surface area contributed by atoms with Gasteiger partial charge in [-0.05, 0) is 19.1 Å². The average molecular weight is 290 g/mol. The summed E-state index contributed by atoms with van der Waals surface area (Å²) >= 11 is 1.23. The van der Waals surface area contributed by atoms with Crippen molar-refractivity contribution in [1.29, 1.82) is 5.26 Å². The van der Waals surface area contributed by atoms with Crippen LogP contribution >= 0.6 is 11.3 Å². The van der Waals surface area contributed by atoms with Gasteiger partial charge in [0.1, 0.15) is 5.01 Å². The van der Waals surface area contributed by atoms with Gasteiger partial charge in [0.15, 0.2) is 18.3 Å². The number of ether oxygens (including phenoxy) is 1. The van der Waals surface area contributed by atoms with E-state index in [1.54, 1.807) is 12.3 Å². The van der Waals surface area contributed by atoms with Crippen LogP contribution in [0.1, 0.15) is 27.2 Å². The Morgan fingerprint density at radius 1 is 1.60 bits per heavy atom. The van der Waals surface area contributed by atoms with Crippen molar-refractivity contribution in [1.82, 2.24) is 4.98 Å². The summed E-state index contributed by atoms with van der Waals surface area (Å²) in [7, 11) is 0. The standard InChI is InChI=1S/C13H10N2O4S/c1-8-7-20-12(15-8)9(5-14)10(16)6-19-13(17)11-3-2-4-18-11/h2-4,7,9H,6H2,1H3/t9-/m1/s1. The molecule has 0 radical (unpaired) electrons. The molecule has 0 saturated carbocycles. The van der Waals surface area contributed by atoms with Gasteiger partial charge < -0.3 is 9.15 Å². The minimum absolute atomic E-state index is 0.0106. The van der Waals surface area contributed by atoms with Gasteiger partial charge in [-0.3, -0.25) is 4.79 Å². The first kappa shape index (κ1) is 14.0. The van der Waals surface area contributed by atoms with Gasteiger partial charge in [-0.15, -0.1) is 11.3 Å². The number of hydrogen-bond acceptors (Lipinski definition) is 7. The number of rotatable bonds is 5. The van der Waals surface area contributed by atoms with E-state index in [2.05, 4.69) is 4.98 Å². The lowest BCUT2D eigenvalue weighted by Gasteiger charge is -2.05. The van der Waals surface area contributed by atoms with Gasteiger partial charge in [0.2, 0.25) is 5.76 Å². The molecule has 7 heteroatoms. The highest BCUT2D eigenvalue weighted by Crippen LogP contribution is 2.20. The van der Waals surface area contributed by atoms with Crippen molar-refractivity contribution in [2.45, 2.75) is 12.8 Å². The molecule has 2 aromatic heterocycles. The molecule has 0 saturated heterocycles. The zero-order chi connectivity index (χ0) is 14.5. The first-order valence-electron chi connectivity index (χ1n) is 5.67. The van der Waals surface area contributed by atoms with Crippen molar-refractivity contribution < 1.29 is 18.7 Å². The second kappa shape index (κ2) is 6.12. The molecule has 0 aliphatic heterocycles. The van der Waals surface area contributed by atoms with Crippen LogP contribution in [0.4, 0.5) is 0 Å². The van der Waals surface area contributed by atoms with Crippen LogP contribution in [0.15, 0.2) is 28.2 Å². The van der Waals surface area contributed by atoms with Crippen molar-refractivity contribution in [3.63, 3.8) is 0 Å². The molecule has 1 atom stereocenters. The van der Waals surface area contributed by atoms with E-state index in [-0.39, 0.29) is 5.76 Å². The average Bonchev–Trinajstić information content (AvgIpc) is 3.08. The smallest absolute Gasteiger partial charge is 0.374 e. The Morgan fingerprint density at radius 3 is 2.95 bits per heavy atom. The molecule has 2 aromatic rings. The number of thiazole rings is 1. The molecule has 0 amide bonds. The zero-order valence-electron chi connectivity index (χ0n) is 10.5. The summed E-state index contributed by atoms with van der Waals surface area (Å²) in [5.74, 6) is -2.26. The second-order valence-corrected chi connectivity index (χ2v) is 4.80. The molecule has 0 spiro atoms. The molecular formula is C13H10N2O4S. The van der Waals surface area contributed by atoms with E-state index in [0.29, 0.717) is 5.01 Å². The summed E-state index contributed by atoms with van der Waals surface area (Å²) in [6.07, 6.45) is 1.33. The number of esters is 1. The van der Waals surface area contributed by atoms with E-state index in [0.717, 1.165) is 5.69 Å². The number of carbonyl (C=O) groups is 2. The fourth-order valence-electron chi connectivity index (χ4n) is 1.46. The lowest BCUT2D eigenvalue weighted by molar-refractivity contribution is -0.122. The normalized spacial score (nSPS) is 11.6. The number of nitrogens with zero attached hydrogens (tertiary/aromatic N) is 2. The third kappa shape index (κ3) is 3.10. The topological polar surface area (TPSA) is 93.2 Å². The molecule has 2 heterocycles. The summed E-state index contributed by atoms with van der Waals surface area (Å²) in [6, 6.07) is 4.84. The molecule has 2 rings (SSSR count). The van der Waals surface area contributed by atoms with Gasteiger partial charge >= 0.3 is 5.97 Å². The number of hydrogen-bond donors (Lipinski definition) is 0. The molecule has 0 unspecified atom stereocenters. The monoisotopic (exact) mass is 290 g/mol. The van der Waals surface area contributed by atoms with E-state index < -0.39 is 24.3 Å². The first-order chi connectivity index (χ1) is 9.61. The van der Waals surface area contributed by atoms with Crippen LogP contribution in [0.5, 0.6) is 0 Å². The molecule has 0 fully saturated rings. The molecule has 102 valence electrons. The lowest BCUT2D eigenvalue weighted by atomic mass is 10.1. The molecule has 6 nitrogen and oxygen atoms in total. The second-order valence-electron chi connectivity index (χ2n) is 3.91. The fourth-order valence-corrected chi connectivity index (χ4v) is 2.32. The molecule has 0 aliphatic rings. The highest BCUT2D eigenvalue weighted by atomic mass is 32.1. The summed E-state index contributed by atoms with van der Waals surface area (Å²) in [5.41, 5.74) is 0.741. The van der Waals surface area contributed by atoms with E-state index in [1.165, 1.54) is 29.7 Å². The number of furan rings is 1. The van der Waals surface area contributed by atoms with Crippen molar-refractivity contribution in [3.8, 4) is 6.07 Å². The highest BCUT2D eigenvalue weighted by Gasteiger charge is 2.25. The van der Waals surface area contributed by atoms with Crippen molar-refractivity contribution in [3.05, 3.63) is 40.2 Å². The minimum atomic E-state index is -1.02. The number of aryl methyl sites for hydroxylation is 1. The Hall–Kier alpha value is -2.46.